The van der Waals surface area contributed by atoms with Crippen LogP contribution in [0.25, 0.3) is 0 Å². The van der Waals surface area contributed by atoms with Crippen molar-refractivity contribution in [1.29, 1.82) is 0 Å². The minimum absolute atomic E-state index is 0.531. The molecule has 1 aromatic heterocycles. The molecule has 2 atom stereocenters. The lowest BCUT2D eigenvalue weighted by atomic mass is 9.83. The Kier molecular flexibility index (Phi) is 5.50. The van der Waals surface area contributed by atoms with Gasteiger partial charge in [-0.25, -0.2) is 0 Å². The lowest BCUT2D eigenvalue weighted by Crippen LogP contribution is -2.32. The van der Waals surface area contributed by atoms with Crippen LogP contribution in [0.2, 0.25) is 0 Å². The van der Waals surface area contributed by atoms with Gasteiger partial charge in [-0.3, -0.25) is 0 Å². The van der Waals surface area contributed by atoms with Crippen molar-refractivity contribution in [2.75, 3.05) is 17.7 Å². The number of nitrogens with two attached hydrogens (primary N) is 1. The van der Waals surface area contributed by atoms with Crippen LogP contribution in [0.1, 0.15) is 52.4 Å². The summed E-state index contributed by atoms with van der Waals surface area (Å²) in [6.07, 6.45) is 7.40. The number of hydrogen-bond acceptors (Lipinski definition) is 4. The van der Waals surface area contributed by atoms with Crippen LogP contribution in [-0.2, 0) is 0 Å². The van der Waals surface area contributed by atoms with Crippen LogP contribution in [0, 0.1) is 5.92 Å². The van der Waals surface area contributed by atoms with Crippen molar-refractivity contribution < 1.29 is 4.74 Å². The molecule has 2 unspecified atom stereocenters. The van der Waals surface area contributed by atoms with E-state index in [1.807, 2.05) is 12.1 Å². The van der Waals surface area contributed by atoms with E-state index in [9.17, 15) is 0 Å². The largest absolute Gasteiger partial charge is 0.476 e. The van der Waals surface area contributed by atoms with E-state index < -0.39 is 0 Å². The monoisotopic (exact) mass is 277 g/mol. The van der Waals surface area contributed by atoms with Crippen LogP contribution in [0.5, 0.6) is 5.88 Å². The number of anilines is 2. The lowest BCUT2D eigenvalue weighted by Gasteiger charge is -2.32. The molecule has 0 aromatic carbocycles. The van der Waals surface area contributed by atoms with Crippen LogP contribution in [0.4, 0.5) is 11.5 Å². The molecule has 0 aliphatic heterocycles. The number of rotatable bonds is 6. The molecule has 0 saturated heterocycles. The molecule has 0 bridgehead atoms. The van der Waals surface area contributed by atoms with Crippen molar-refractivity contribution in [1.82, 2.24) is 4.98 Å². The summed E-state index contributed by atoms with van der Waals surface area (Å²) < 4.78 is 5.59. The molecule has 4 nitrogen and oxygen atoms in total. The van der Waals surface area contributed by atoms with Gasteiger partial charge in [-0.1, -0.05) is 33.1 Å². The minimum Gasteiger partial charge on any atom is -0.476 e. The Bertz CT molecular complexity index is 422. The van der Waals surface area contributed by atoms with Gasteiger partial charge < -0.3 is 15.8 Å². The van der Waals surface area contributed by atoms with E-state index in [-0.39, 0.29) is 0 Å². The van der Waals surface area contributed by atoms with Crippen molar-refractivity contribution in [2.24, 2.45) is 5.92 Å². The van der Waals surface area contributed by atoms with Gasteiger partial charge in [0.1, 0.15) is 5.82 Å². The van der Waals surface area contributed by atoms with E-state index in [4.69, 9.17) is 10.5 Å². The zero-order chi connectivity index (χ0) is 14.4. The Labute approximate surface area is 122 Å². The first-order valence-corrected chi connectivity index (χ1v) is 7.90. The van der Waals surface area contributed by atoms with Gasteiger partial charge >= 0.3 is 0 Å². The highest BCUT2D eigenvalue weighted by Gasteiger charge is 2.23. The highest BCUT2D eigenvalue weighted by atomic mass is 16.5. The zero-order valence-corrected chi connectivity index (χ0v) is 12.7. The molecule has 4 heteroatoms. The topological polar surface area (TPSA) is 60.2 Å². The SMILES string of the molecule is CCCOc1nc(NC2CCCCC2CC)ccc1N. The van der Waals surface area contributed by atoms with E-state index in [1.165, 1.54) is 32.1 Å². The summed E-state index contributed by atoms with van der Waals surface area (Å²) in [6.45, 7) is 5.00. The Morgan fingerprint density at radius 2 is 2.10 bits per heavy atom. The van der Waals surface area contributed by atoms with E-state index in [2.05, 4.69) is 24.1 Å². The maximum Gasteiger partial charge on any atom is 0.239 e. The average Bonchev–Trinajstić information content (AvgIpc) is 2.48. The van der Waals surface area contributed by atoms with Crippen molar-refractivity contribution in [3.8, 4) is 5.88 Å². The Morgan fingerprint density at radius 1 is 1.30 bits per heavy atom. The molecule has 0 radical (unpaired) electrons. The van der Waals surface area contributed by atoms with Gasteiger partial charge in [0.15, 0.2) is 0 Å². The Hall–Kier alpha value is -1.45. The van der Waals surface area contributed by atoms with Gasteiger partial charge in [0.05, 0.1) is 12.3 Å². The third-order valence-corrected chi connectivity index (χ3v) is 4.10. The number of ether oxygens (including phenoxy) is 1. The van der Waals surface area contributed by atoms with Gasteiger partial charge in [-0.15, -0.1) is 0 Å². The van der Waals surface area contributed by atoms with E-state index >= 15 is 0 Å². The van der Waals surface area contributed by atoms with Crippen LogP contribution >= 0.6 is 0 Å². The van der Waals surface area contributed by atoms with Crippen LogP contribution in [0.3, 0.4) is 0 Å². The van der Waals surface area contributed by atoms with Gasteiger partial charge in [0.25, 0.3) is 0 Å². The third kappa shape index (κ3) is 3.78. The summed E-state index contributed by atoms with van der Waals surface area (Å²) >= 11 is 0. The number of nitrogens with one attached hydrogen (secondary N) is 1. The Balaban J connectivity index is 2.04. The van der Waals surface area contributed by atoms with Gasteiger partial charge in [-0.05, 0) is 37.3 Å². The number of nitrogen functional groups attached to an aromatic ring is 1. The molecule has 20 heavy (non-hydrogen) atoms. The molecule has 2 rings (SSSR count). The van der Waals surface area contributed by atoms with Crippen molar-refractivity contribution in [2.45, 2.75) is 58.4 Å². The molecule has 0 amide bonds. The number of aromatic nitrogens is 1. The van der Waals surface area contributed by atoms with Crippen LogP contribution in [0.15, 0.2) is 12.1 Å². The Morgan fingerprint density at radius 3 is 2.85 bits per heavy atom. The fourth-order valence-corrected chi connectivity index (χ4v) is 2.92. The summed E-state index contributed by atoms with van der Waals surface area (Å²) in [5.74, 6) is 2.19. The molecule has 112 valence electrons. The van der Waals surface area contributed by atoms with Crippen LogP contribution in [-0.4, -0.2) is 17.6 Å². The average molecular weight is 277 g/mol. The second kappa shape index (κ2) is 7.36. The minimum atomic E-state index is 0.531. The van der Waals surface area contributed by atoms with Gasteiger partial charge in [0.2, 0.25) is 5.88 Å². The quantitative estimate of drug-likeness (QED) is 0.829. The molecule has 1 aliphatic rings. The highest BCUT2D eigenvalue weighted by molar-refractivity contribution is 5.53. The fourth-order valence-electron chi connectivity index (χ4n) is 2.92. The maximum atomic E-state index is 5.90. The smallest absolute Gasteiger partial charge is 0.239 e. The number of nitrogens with zero attached hydrogens (tertiary/aromatic N) is 1. The fraction of sp³-hybridized carbons (Fsp3) is 0.688. The first-order valence-electron chi connectivity index (χ1n) is 7.90. The molecule has 1 aliphatic carbocycles. The summed E-state index contributed by atoms with van der Waals surface area (Å²) in [5, 5.41) is 3.58. The van der Waals surface area contributed by atoms with Crippen molar-refractivity contribution in [3.05, 3.63) is 12.1 Å². The summed E-state index contributed by atoms with van der Waals surface area (Å²) in [5.41, 5.74) is 6.51. The van der Waals surface area contributed by atoms with Crippen molar-refractivity contribution in [3.63, 3.8) is 0 Å². The van der Waals surface area contributed by atoms with E-state index in [0.717, 1.165) is 18.2 Å². The van der Waals surface area contributed by atoms with Crippen LogP contribution < -0.4 is 15.8 Å². The zero-order valence-electron chi connectivity index (χ0n) is 12.7. The predicted octanol–water partition coefficient (Wildman–Crippen LogP) is 3.83. The normalized spacial score (nSPS) is 22.5. The first kappa shape index (κ1) is 14.9. The molecule has 1 aromatic rings. The molecular weight excluding hydrogens is 250 g/mol. The second-order valence-corrected chi connectivity index (χ2v) is 5.64. The van der Waals surface area contributed by atoms with Crippen molar-refractivity contribution >= 4 is 11.5 Å². The molecule has 0 spiro atoms. The summed E-state index contributed by atoms with van der Waals surface area (Å²) in [7, 11) is 0. The lowest BCUT2D eigenvalue weighted by molar-refractivity contribution is 0.305. The molecule has 3 N–H and O–H groups in total. The highest BCUT2D eigenvalue weighted by Crippen LogP contribution is 2.30. The number of pyridine rings is 1. The molecule has 1 heterocycles. The third-order valence-electron chi connectivity index (χ3n) is 4.10. The molecular formula is C16H27N3O. The summed E-state index contributed by atoms with van der Waals surface area (Å²) in [6, 6.07) is 4.36. The first-order chi connectivity index (χ1) is 9.74. The molecule has 1 saturated carbocycles. The van der Waals surface area contributed by atoms with Gasteiger partial charge in [0, 0.05) is 6.04 Å². The standard InChI is InChI=1S/C16H27N3O/c1-3-11-20-16-13(17)9-10-15(19-16)18-14-8-6-5-7-12(14)4-2/h9-10,12,14H,3-8,11,17H2,1-2H3,(H,18,19). The maximum absolute atomic E-state index is 5.90. The van der Waals surface area contributed by atoms with E-state index in [0.29, 0.717) is 24.2 Å². The molecule has 1 fully saturated rings. The van der Waals surface area contributed by atoms with Gasteiger partial charge in [-0.2, -0.15) is 4.98 Å². The second-order valence-electron chi connectivity index (χ2n) is 5.64. The number of hydrogen-bond donors (Lipinski definition) is 2. The van der Waals surface area contributed by atoms with E-state index in [1.54, 1.807) is 0 Å². The predicted molar refractivity (Wildman–Crippen MR) is 84.1 cm³/mol. The summed E-state index contributed by atoms with van der Waals surface area (Å²) in [4.78, 5) is 4.51.